The first-order chi connectivity index (χ1) is 20.1. The van der Waals surface area contributed by atoms with Gasteiger partial charge in [0, 0.05) is 50.3 Å². The molecular weight excluding hydrogens is 576 g/mol. The SMILES string of the molecule is CSNC(=O)c1nc(Cl)ccc1NC(C)c1cc(C)cc2c(=O)n(C)c(N3Cc4cn(-c5ccnn5C)nc4C3)nc12. The number of fused-ring (bicyclic) bond motifs is 2. The van der Waals surface area contributed by atoms with Gasteiger partial charge in [0.1, 0.15) is 5.15 Å². The molecule has 0 spiro atoms. The fourth-order valence-electron chi connectivity index (χ4n) is 5.33. The molecule has 0 saturated carbocycles. The first-order valence-electron chi connectivity index (χ1n) is 13.2. The van der Waals surface area contributed by atoms with E-state index in [9.17, 15) is 9.59 Å². The van der Waals surface area contributed by atoms with Crippen LogP contribution in [0.25, 0.3) is 16.7 Å². The molecule has 5 heterocycles. The molecule has 14 heteroatoms. The van der Waals surface area contributed by atoms with E-state index in [2.05, 4.69) is 25.0 Å². The quantitative estimate of drug-likeness (QED) is 0.210. The number of hydrogen-bond acceptors (Lipinski definition) is 9. The zero-order valence-corrected chi connectivity index (χ0v) is 25.3. The van der Waals surface area contributed by atoms with Gasteiger partial charge in [-0.1, -0.05) is 29.6 Å². The third-order valence-corrected chi connectivity index (χ3v) is 7.93. The van der Waals surface area contributed by atoms with Gasteiger partial charge in [-0.2, -0.15) is 10.2 Å². The summed E-state index contributed by atoms with van der Waals surface area (Å²) in [6.07, 6.45) is 5.49. The number of halogens is 1. The Morgan fingerprint density at radius 1 is 1.14 bits per heavy atom. The molecule has 1 aromatic carbocycles. The standard InChI is InChI=1S/C28H29ClN10O2S/c1-15-10-18(16(2)31-20-6-7-22(29)32-25(20)26(40)35-42-5)24-19(11-15)27(41)36(3)28(33-24)38-12-17-13-39(34-21(17)14-38)23-8-9-30-37(23)4/h6-11,13,16,31H,12,14H2,1-5H3,(H,35,40). The van der Waals surface area contributed by atoms with Crippen molar-refractivity contribution in [2.75, 3.05) is 16.5 Å². The molecule has 4 aromatic heterocycles. The van der Waals surface area contributed by atoms with Crippen LogP contribution < -0.4 is 20.5 Å². The van der Waals surface area contributed by atoms with E-state index >= 15 is 0 Å². The molecule has 0 bridgehead atoms. The number of carbonyl (C=O) groups excluding carboxylic acids is 1. The Morgan fingerprint density at radius 2 is 1.95 bits per heavy atom. The van der Waals surface area contributed by atoms with Crippen LogP contribution in [-0.2, 0) is 27.2 Å². The van der Waals surface area contributed by atoms with Crippen LogP contribution in [0.4, 0.5) is 11.6 Å². The van der Waals surface area contributed by atoms with E-state index in [-0.39, 0.29) is 28.4 Å². The molecule has 1 atom stereocenters. The third-order valence-electron chi connectivity index (χ3n) is 7.33. The van der Waals surface area contributed by atoms with Gasteiger partial charge in [-0.25, -0.2) is 14.6 Å². The van der Waals surface area contributed by atoms with Crippen molar-refractivity contribution >= 4 is 52.0 Å². The van der Waals surface area contributed by atoms with Crippen LogP contribution in [0.2, 0.25) is 5.15 Å². The number of carbonyl (C=O) groups is 1. The van der Waals surface area contributed by atoms with Gasteiger partial charge in [0.2, 0.25) is 5.95 Å². The molecule has 0 fully saturated rings. The highest BCUT2D eigenvalue weighted by Crippen LogP contribution is 2.31. The topological polar surface area (TPSA) is 128 Å². The summed E-state index contributed by atoms with van der Waals surface area (Å²) in [4.78, 5) is 37.7. The van der Waals surface area contributed by atoms with E-state index in [0.717, 1.165) is 28.2 Å². The Bertz CT molecular complexity index is 1890. The summed E-state index contributed by atoms with van der Waals surface area (Å²) < 4.78 is 7.89. The van der Waals surface area contributed by atoms with Crippen molar-refractivity contribution < 1.29 is 4.79 Å². The Morgan fingerprint density at radius 3 is 2.67 bits per heavy atom. The molecule has 5 aromatic rings. The van der Waals surface area contributed by atoms with E-state index in [4.69, 9.17) is 21.7 Å². The second-order valence-corrected chi connectivity index (χ2v) is 11.3. The lowest BCUT2D eigenvalue weighted by molar-refractivity contribution is 0.0980. The van der Waals surface area contributed by atoms with Crippen molar-refractivity contribution in [1.82, 2.24) is 38.8 Å². The molecule has 1 amide bonds. The Labute approximate surface area is 250 Å². The highest BCUT2D eigenvalue weighted by molar-refractivity contribution is 7.97. The number of hydrogen-bond donors (Lipinski definition) is 2. The second kappa shape index (κ2) is 10.8. The Kier molecular flexibility index (Phi) is 7.15. The second-order valence-electron chi connectivity index (χ2n) is 10.3. The molecule has 12 nitrogen and oxygen atoms in total. The van der Waals surface area contributed by atoms with E-state index in [1.807, 2.05) is 50.0 Å². The summed E-state index contributed by atoms with van der Waals surface area (Å²) in [6, 6.07) is 8.82. The first kappa shape index (κ1) is 27.8. The van der Waals surface area contributed by atoms with Crippen LogP contribution in [0.3, 0.4) is 0 Å². The molecule has 0 saturated heterocycles. The van der Waals surface area contributed by atoms with Gasteiger partial charge in [-0.15, -0.1) is 0 Å². The first-order valence-corrected chi connectivity index (χ1v) is 14.8. The lowest BCUT2D eigenvalue weighted by Crippen LogP contribution is -2.29. The molecule has 1 unspecified atom stereocenters. The van der Waals surface area contributed by atoms with Crippen LogP contribution in [-0.4, -0.2) is 46.3 Å². The number of rotatable bonds is 7. The van der Waals surface area contributed by atoms with Gasteiger partial charge in [-0.05, 0) is 37.6 Å². The largest absolute Gasteiger partial charge is 0.377 e. The van der Waals surface area contributed by atoms with Gasteiger partial charge in [0.05, 0.1) is 41.1 Å². The summed E-state index contributed by atoms with van der Waals surface area (Å²) in [6.45, 7) is 5.00. The van der Waals surface area contributed by atoms with E-state index in [1.165, 1.54) is 11.9 Å². The van der Waals surface area contributed by atoms with Crippen molar-refractivity contribution in [1.29, 1.82) is 0 Å². The average Bonchev–Trinajstić information content (AvgIpc) is 3.66. The fourth-order valence-corrected chi connectivity index (χ4v) is 5.76. The maximum absolute atomic E-state index is 13.7. The summed E-state index contributed by atoms with van der Waals surface area (Å²) in [5.41, 5.74) is 4.92. The Balaban J connectivity index is 1.36. The highest BCUT2D eigenvalue weighted by Gasteiger charge is 2.28. The molecule has 0 radical (unpaired) electrons. The van der Waals surface area contributed by atoms with Gasteiger partial charge in [0.25, 0.3) is 11.5 Å². The van der Waals surface area contributed by atoms with Crippen molar-refractivity contribution in [3.8, 4) is 5.82 Å². The summed E-state index contributed by atoms with van der Waals surface area (Å²) >= 11 is 7.28. The van der Waals surface area contributed by atoms with Gasteiger partial charge in [0.15, 0.2) is 11.5 Å². The van der Waals surface area contributed by atoms with E-state index < -0.39 is 0 Å². The van der Waals surface area contributed by atoms with Crippen molar-refractivity contribution in [2.24, 2.45) is 14.1 Å². The number of nitrogens with one attached hydrogen (secondary N) is 2. The van der Waals surface area contributed by atoms with Gasteiger partial charge in [-0.3, -0.25) is 23.6 Å². The number of amides is 1. The molecule has 1 aliphatic heterocycles. The van der Waals surface area contributed by atoms with Crippen LogP contribution in [0.15, 0.2) is 47.5 Å². The monoisotopic (exact) mass is 604 g/mol. The maximum Gasteiger partial charge on any atom is 0.281 e. The molecule has 1 aliphatic rings. The maximum atomic E-state index is 13.7. The zero-order valence-electron chi connectivity index (χ0n) is 23.7. The predicted molar refractivity (Wildman–Crippen MR) is 164 cm³/mol. The van der Waals surface area contributed by atoms with E-state index in [1.54, 1.807) is 40.9 Å². The van der Waals surface area contributed by atoms with Crippen LogP contribution in [0.1, 0.15) is 45.8 Å². The summed E-state index contributed by atoms with van der Waals surface area (Å²) in [5, 5.41) is 13.1. The number of aryl methyl sites for hydroxylation is 2. The number of anilines is 2. The third kappa shape index (κ3) is 4.88. The molecular formula is C28H29ClN10O2S. The molecule has 0 aliphatic carbocycles. The highest BCUT2D eigenvalue weighted by atomic mass is 35.5. The molecule has 42 heavy (non-hydrogen) atoms. The minimum Gasteiger partial charge on any atom is -0.377 e. The van der Waals surface area contributed by atoms with Crippen LogP contribution >= 0.6 is 23.5 Å². The number of aromatic nitrogens is 7. The molecule has 2 N–H and O–H groups in total. The lowest BCUT2D eigenvalue weighted by Gasteiger charge is -2.23. The smallest absolute Gasteiger partial charge is 0.281 e. The summed E-state index contributed by atoms with van der Waals surface area (Å²) in [5.74, 6) is 1.07. The van der Waals surface area contributed by atoms with Crippen molar-refractivity contribution in [3.63, 3.8) is 0 Å². The minimum atomic E-state index is -0.359. The van der Waals surface area contributed by atoms with Crippen LogP contribution in [0, 0.1) is 6.92 Å². The zero-order chi connectivity index (χ0) is 29.7. The van der Waals surface area contributed by atoms with Gasteiger partial charge < -0.3 is 10.2 Å². The molecule has 6 rings (SSSR count). The number of benzene rings is 1. The van der Waals surface area contributed by atoms with Crippen molar-refractivity contribution in [2.45, 2.75) is 33.0 Å². The molecule has 216 valence electrons. The predicted octanol–water partition coefficient (Wildman–Crippen LogP) is 3.91. The summed E-state index contributed by atoms with van der Waals surface area (Å²) in [7, 11) is 3.62. The van der Waals surface area contributed by atoms with Crippen LogP contribution in [0.5, 0.6) is 0 Å². The lowest BCUT2D eigenvalue weighted by atomic mass is 10.0. The number of nitrogens with zero attached hydrogens (tertiary/aromatic N) is 8. The average molecular weight is 605 g/mol. The Hall–Kier alpha value is -4.36. The minimum absolute atomic E-state index is 0.134. The van der Waals surface area contributed by atoms with E-state index in [0.29, 0.717) is 35.6 Å². The number of pyridine rings is 1. The normalized spacial score (nSPS) is 13.4. The fraction of sp³-hybridized carbons (Fsp3) is 0.286. The van der Waals surface area contributed by atoms with Gasteiger partial charge >= 0.3 is 0 Å². The van der Waals surface area contributed by atoms with Crippen molar-refractivity contribution in [3.05, 3.63) is 86.3 Å².